The first kappa shape index (κ1) is 12.5. The molecule has 88 valence electrons. The number of nitrogens with two attached hydrogens (primary N) is 1. The number of hydrogen-bond acceptors (Lipinski definition) is 4. The number of aliphatic hydroxyl groups excluding tert-OH is 1. The van der Waals surface area contributed by atoms with Crippen molar-refractivity contribution in [1.29, 1.82) is 0 Å². The molecule has 0 aliphatic heterocycles. The second-order valence-corrected chi connectivity index (χ2v) is 3.33. The summed E-state index contributed by atoms with van der Waals surface area (Å²) in [5.74, 6) is 5.26. The number of nitrogens with one attached hydrogen (secondary N) is 1. The topological polar surface area (TPSA) is 84.6 Å². The van der Waals surface area contributed by atoms with Crippen LogP contribution in [0.15, 0.2) is 24.3 Å². The third-order valence-corrected chi connectivity index (χ3v) is 2.19. The first-order chi connectivity index (χ1) is 7.71. The summed E-state index contributed by atoms with van der Waals surface area (Å²) in [5.41, 5.74) is 2.85. The van der Waals surface area contributed by atoms with Gasteiger partial charge in [0.1, 0.15) is 5.75 Å². The third-order valence-electron chi connectivity index (χ3n) is 2.19. The Morgan fingerprint density at radius 3 is 2.56 bits per heavy atom. The third kappa shape index (κ3) is 3.22. The van der Waals surface area contributed by atoms with Crippen LogP contribution in [0.4, 0.5) is 0 Å². The number of carbonyl (C=O) groups is 1. The van der Waals surface area contributed by atoms with Crippen molar-refractivity contribution >= 4 is 5.91 Å². The average molecular weight is 224 g/mol. The fourth-order valence-corrected chi connectivity index (χ4v) is 1.25. The number of carbonyl (C=O) groups excluding carboxylic acids is 1. The number of rotatable bonds is 5. The number of benzene rings is 1. The van der Waals surface area contributed by atoms with E-state index in [0.29, 0.717) is 12.2 Å². The van der Waals surface area contributed by atoms with Crippen molar-refractivity contribution in [3.05, 3.63) is 29.8 Å². The molecule has 0 bridgehead atoms. The largest absolute Gasteiger partial charge is 0.481 e. The first-order valence-corrected chi connectivity index (χ1v) is 5.08. The molecule has 0 spiro atoms. The van der Waals surface area contributed by atoms with E-state index >= 15 is 0 Å². The van der Waals surface area contributed by atoms with E-state index < -0.39 is 6.10 Å². The van der Waals surface area contributed by atoms with E-state index in [1.807, 2.05) is 6.92 Å². The summed E-state index contributed by atoms with van der Waals surface area (Å²) in [4.78, 5) is 11.3. The highest BCUT2D eigenvalue weighted by Gasteiger charge is 2.16. The van der Waals surface area contributed by atoms with Crippen LogP contribution in [0.2, 0.25) is 0 Å². The Morgan fingerprint density at radius 2 is 2.12 bits per heavy atom. The van der Waals surface area contributed by atoms with Gasteiger partial charge in [0.25, 0.3) is 5.91 Å². The van der Waals surface area contributed by atoms with Crippen LogP contribution in [0.25, 0.3) is 0 Å². The summed E-state index contributed by atoms with van der Waals surface area (Å²) in [6, 6.07) is 6.89. The fourth-order valence-electron chi connectivity index (χ4n) is 1.25. The van der Waals surface area contributed by atoms with Crippen LogP contribution in [-0.4, -0.2) is 17.1 Å². The predicted octanol–water partition coefficient (Wildman–Crippen LogP) is 0.326. The lowest BCUT2D eigenvalue weighted by Crippen LogP contribution is -2.41. The Hall–Kier alpha value is -1.59. The van der Waals surface area contributed by atoms with Crippen molar-refractivity contribution in [3.63, 3.8) is 0 Å². The molecule has 5 nitrogen and oxygen atoms in total. The normalized spacial score (nSPS) is 11.9. The highest BCUT2D eigenvalue weighted by atomic mass is 16.5. The minimum Gasteiger partial charge on any atom is -0.481 e. The molecule has 16 heavy (non-hydrogen) atoms. The van der Waals surface area contributed by atoms with Crippen molar-refractivity contribution < 1.29 is 14.6 Å². The molecule has 0 aliphatic carbocycles. The van der Waals surface area contributed by atoms with Gasteiger partial charge in [0.2, 0.25) is 0 Å². The van der Waals surface area contributed by atoms with Gasteiger partial charge in [-0.25, -0.2) is 5.84 Å². The molecular formula is C11H16N2O3. The zero-order chi connectivity index (χ0) is 12.0. The van der Waals surface area contributed by atoms with Gasteiger partial charge in [0.05, 0.1) is 6.61 Å². The molecule has 5 heteroatoms. The monoisotopic (exact) mass is 224 g/mol. The number of hydrazine groups is 1. The van der Waals surface area contributed by atoms with Crippen LogP contribution in [0.5, 0.6) is 5.75 Å². The molecular weight excluding hydrogens is 208 g/mol. The molecule has 1 atom stereocenters. The molecule has 0 saturated carbocycles. The van der Waals surface area contributed by atoms with Gasteiger partial charge in [0.15, 0.2) is 6.10 Å². The van der Waals surface area contributed by atoms with Crippen molar-refractivity contribution in [2.24, 2.45) is 5.84 Å². The van der Waals surface area contributed by atoms with Gasteiger partial charge in [-0.2, -0.15) is 0 Å². The van der Waals surface area contributed by atoms with Crippen molar-refractivity contribution in [3.8, 4) is 5.75 Å². The lowest BCUT2D eigenvalue weighted by atomic mass is 10.2. The zero-order valence-electron chi connectivity index (χ0n) is 9.14. The van der Waals surface area contributed by atoms with Gasteiger partial charge in [-0.3, -0.25) is 10.2 Å². The Kier molecular flexibility index (Phi) is 4.75. The summed E-state index contributed by atoms with van der Waals surface area (Å²) < 4.78 is 5.44. The van der Waals surface area contributed by atoms with Gasteiger partial charge in [-0.1, -0.05) is 19.1 Å². The van der Waals surface area contributed by atoms with Gasteiger partial charge < -0.3 is 9.84 Å². The molecule has 1 rings (SSSR count). The SMILES string of the molecule is CCC(Oc1ccc(CO)cc1)C(=O)NN. The molecule has 0 aromatic heterocycles. The van der Waals surface area contributed by atoms with E-state index in [-0.39, 0.29) is 12.5 Å². The summed E-state index contributed by atoms with van der Waals surface area (Å²) in [6.45, 7) is 1.82. The number of amides is 1. The van der Waals surface area contributed by atoms with Crippen LogP contribution in [0.3, 0.4) is 0 Å². The highest BCUT2D eigenvalue weighted by molar-refractivity contribution is 5.80. The summed E-state index contributed by atoms with van der Waals surface area (Å²) >= 11 is 0. The van der Waals surface area contributed by atoms with E-state index in [2.05, 4.69) is 5.43 Å². The van der Waals surface area contributed by atoms with Gasteiger partial charge in [-0.05, 0) is 24.1 Å². The minimum absolute atomic E-state index is 0.0131. The molecule has 1 amide bonds. The zero-order valence-corrected chi connectivity index (χ0v) is 9.14. The van der Waals surface area contributed by atoms with Crippen LogP contribution >= 0.6 is 0 Å². The second kappa shape index (κ2) is 6.09. The van der Waals surface area contributed by atoms with Crippen LogP contribution in [0.1, 0.15) is 18.9 Å². The molecule has 1 unspecified atom stereocenters. The molecule has 4 N–H and O–H groups in total. The van der Waals surface area contributed by atoms with Gasteiger partial charge in [0, 0.05) is 0 Å². The molecule has 1 aromatic rings. The predicted molar refractivity (Wildman–Crippen MR) is 59.4 cm³/mol. The molecule has 0 heterocycles. The number of hydrogen-bond donors (Lipinski definition) is 3. The lowest BCUT2D eigenvalue weighted by Gasteiger charge is -2.15. The maximum atomic E-state index is 11.3. The van der Waals surface area contributed by atoms with E-state index in [1.165, 1.54) is 0 Å². The van der Waals surface area contributed by atoms with Crippen molar-refractivity contribution in [2.75, 3.05) is 0 Å². The molecule has 0 saturated heterocycles. The van der Waals surface area contributed by atoms with E-state index in [1.54, 1.807) is 24.3 Å². The minimum atomic E-state index is -0.593. The Bertz CT molecular complexity index is 338. The summed E-state index contributed by atoms with van der Waals surface area (Å²) in [6.07, 6.45) is -0.0601. The quantitative estimate of drug-likeness (QED) is 0.382. The standard InChI is InChI=1S/C11H16N2O3/c1-2-10(11(15)13-12)16-9-5-3-8(7-14)4-6-9/h3-6,10,14H,2,7,12H2,1H3,(H,13,15). The van der Waals surface area contributed by atoms with E-state index in [0.717, 1.165) is 5.56 Å². The number of ether oxygens (including phenoxy) is 1. The fraction of sp³-hybridized carbons (Fsp3) is 0.364. The summed E-state index contributed by atoms with van der Waals surface area (Å²) in [7, 11) is 0. The molecule has 0 radical (unpaired) electrons. The average Bonchev–Trinajstić information content (AvgIpc) is 2.35. The van der Waals surface area contributed by atoms with Crippen molar-refractivity contribution in [2.45, 2.75) is 26.1 Å². The van der Waals surface area contributed by atoms with Crippen LogP contribution in [0, 0.1) is 0 Å². The molecule has 0 aliphatic rings. The van der Waals surface area contributed by atoms with Crippen molar-refractivity contribution in [1.82, 2.24) is 5.43 Å². The van der Waals surface area contributed by atoms with E-state index in [4.69, 9.17) is 15.7 Å². The van der Waals surface area contributed by atoms with Gasteiger partial charge >= 0.3 is 0 Å². The lowest BCUT2D eigenvalue weighted by molar-refractivity contribution is -0.128. The smallest absolute Gasteiger partial charge is 0.274 e. The highest BCUT2D eigenvalue weighted by Crippen LogP contribution is 2.15. The Labute approximate surface area is 94.2 Å². The van der Waals surface area contributed by atoms with Crippen LogP contribution < -0.4 is 16.0 Å². The maximum Gasteiger partial charge on any atom is 0.274 e. The Balaban J connectivity index is 2.66. The first-order valence-electron chi connectivity index (χ1n) is 5.08. The maximum absolute atomic E-state index is 11.3. The van der Waals surface area contributed by atoms with E-state index in [9.17, 15) is 4.79 Å². The second-order valence-electron chi connectivity index (χ2n) is 3.33. The van der Waals surface area contributed by atoms with Crippen LogP contribution in [-0.2, 0) is 11.4 Å². The number of aliphatic hydroxyl groups is 1. The molecule has 0 fully saturated rings. The summed E-state index contributed by atoms with van der Waals surface area (Å²) in [5, 5.41) is 8.86. The Morgan fingerprint density at radius 1 is 1.50 bits per heavy atom. The molecule has 1 aromatic carbocycles. The van der Waals surface area contributed by atoms with Gasteiger partial charge in [-0.15, -0.1) is 0 Å².